The van der Waals surface area contributed by atoms with Gasteiger partial charge in [0, 0.05) is 15.9 Å². The molecule has 0 bridgehead atoms. The molecule has 0 aliphatic rings. The van der Waals surface area contributed by atoms with Crippen LogP contribution in [0.15, 0.2) is 64.5 Å². The molecule has 0 amide bonds. The summed E-state index contributed by atoms with van der Waals surface area (Å²) in [5.74, 6) is 0.805. The fraction of sp³-hybridized carbons (Fsp3) is 0.0667. The summed E-state index contributed by atoms with van der Waals surface area (Å²) in [5.41, 5.74) is 0.801. The van der Waals surface area contributed by atoms with Crippen LogP contribution >= 0.6 is 11.8 Å². The zero-order valence-electron chi connectivity index (χ0n) is 10.9. The Hall–Kier alpha value is -2.27. The monoisotopic (exact) mass is 287 g/mol. The quantitative estimate of drug-likeness (QED) is 0.614. The highest BCUT2D eigenvalue weighted by molar-refractivity contribution is 7.99. The molecule has 102 valence electrons. The lowest BCUT2D eigenvalue weighted by molar-refractivity contribution is -0.400. The highest BCUT2D eigenvalue weighted by atomic mass is 32.2. The smallest absolute Gasteiger partial charge is 0.235 e. The van der Waals surface area contributed by atoms with Gasteiger partial charge in [-0.05, 0) is 35.9 Å². The maximum atomic E-state index is 10.3. The van der Waals surface area contributed by atoms with Crippen molar-refractivity contribution >= 4 is 17.8 Å². The van der Waals surface area contributed by atoms with Crippen molar-refractivity contribution < 1.29 is 9.66 Å². The summed E-state index contributed by atoms with van der Waals surface area (Å²) in [6.07, 6.45) is 2.42. The molecule has 5 heteroatoms. The van der Waals surface area contributed by atoms with E-state index in [9.17, 15) is 10.1 Å². The van der Waals surface area contributed by atoms with Gasteiger partial charge in [0.05, 0.1) is 12.0 Å². The zero-order valence-corrected chi connectivity index (χ0v) is 11.7. The second kappa shape index (κ2) is 6.77. The number of ether oxygens (including phenoxy) is 1. The van der Waals surface area contributed by atoms with Crippen molar-refractivity contribution in [2.75, 3.05) is 7.11 Å². The average molecular weight is 287 g/mol. The van der Waals surface area contributed by atoms with Crippen LogP contribution in [0.1, 0.15) is 5.56 Å². The van der Waals surface area contributed by atoms with Crippen molar-refractivity contribution in [2.45, 2.75) is 9.79 Å². The van der Waals surface area contributed by atoms with E-state index in [-0.39, 0.29) is 0 Å². The molecule has 0 heterocycles. The van der Waals surface area contributed by atoms with Crippen LogP contribution < -0.4 is 4.74 Å². The third-order valence-electron chi connectivity index (χ3n) is 2.52. The van der Waals surface area contributed by atoms with Crippen LogP contribution in [-0.4, -0.2) is 12.0 Å². The molecule has 0 spiro atoms. The fourth-order valence-corrected chi connectivity index (χ4v) is 2.56. The summed E-state index contributed by atoms with van der Waals surface area (Å²) in [4.78, 5) is 11.9. The molecule has 2 rings (SSSR count). The lowest BCUT2D eigenvalue weighted by atomic mass is 10.2. The molecule has 0 aliphatic heterocycles. The molecule has 0 N–H and O–H groups in total. The van der Waals surface area contributed by atoms with Gasteiger partial charge in [-0.2, -0.15) is 0 Å². The molecule has 0 aliphatic carbocycles. The predicted molar refractivity (Wildman–Crippen MR) is 79.6 cm³/mol. The molecule has 0 saturated carbocycles. The summed E-state index contributed by atoms with van der Waals surface area (Å²) in [6.45, 7) is 0. The number of methoxy groups -OCH3 is 1. The second-order valence-electron chi connectivity index (χ2n) is 3.95. The number of rotatable bonds is 5. The van der Waals surface area contributed by atoms with E-state index in [0.29, 0.717) is 0 Å². The third kappa shape index (κ3) is 4.13. The van der Waals surface area contributed by atoms with Crippen LogP contribution in [0.2, 0.25) is 0 Å². The normalized spacial score (nSPS) is 10.7. The van der Waals surface area contributed by atoms with E-state index in [4.69, 9.17) is 4.74 Å². The Bertz CT molecular complexity index is 641. The zero-order chi connectivity index (χ0) is 14.4. The number of nitrogens with zero attached hydrogens (tertiary/aromatic N) is 1. The van der Waals surface area contributed by atoms with E-state index < -0.39 is 4.92 Å². The lowest BCUT2D eigenvalue weighted by Gasteiger charge is -2.05. The maximum absolute atomic E-state index is 10.3. The van der Waals surface area contributed by atoms with Gasteiger partial charge in [0.15, 0.2) is 0 Å². The van der Waals surface area contributed by atoms with Gasteiger partial charge < -0.3 is 4.74 Å². The van der Waals surface area contributed by atoms with Gasteiger partial charge in [-0.25, -0.2) is 0 Å². The highest BCUT2D eigenvalue weighted by Gasteiger charge is 2.00. The van der Waals surface area contributed by atoms with Crippen molar-refractivity contribution in [1.29, 1.82) is 0 Å². The van der Waals surface area contributed by atoms with Crippen LogP contribution in [0.25, 0.3) is 6.08 Å². The predicted octanol–water partition coefficient (Wildman–Crippen LogP) is 4.09. The van der Waals surface area contributed by atoms with Crippen molar-refractivity contribution in [3.63, 3.8) is 0 Å². The lowest BCUT2D eigenvalue weighted by Crippen LogP contribution is -1.83. The van der Waals surface area contributed by atoms with Crippen LogP contribution in [-0.2, 0) is 0 Å². The first kappa shape index (κ1) is 14.1. The van der Waals surface area contributed by atoms with Crippen molar-refractivity contribution in [3.8, 4) is 5.75 Å². The minimum Gasteiger partial charge on any atom is -0.497 e. The Morgan fingerprint density at radius 2 is 1.85 bits per heavy atom. The Labute approximate surface area is 121 Å². The summed E-state index contributed by atoms with van der Waals surface area (Å²) < 4.78 is 5.18. The van der Waals surface area contributed by atoms with Gasteiger partial charge in [-0.3, -0.25) is 10.1 Å². The van der Waals surface area contributed by atoms with Gasteiger partial charge in [0.2, 0.25) is 6.20 Å². The Kier molecular flexibility index (Phi) is 4.79. The topological polar surface area (TPSA) is 52.4 Å². The van der Waals surface area contributed by atoms with Gasteiger partial charge in [-0.15, -0.1) is 0 Å². The molecule has 0 unspecified atom stereocenters. The maximum Gasteiger partial charge on any atom is 0.235 e. The highest BCUT2D eigenvalue weighted by Crippen LogP contribution is 2.30. The van der Waals surface area contributed by atoms with E-state index in [1.807, 2.05) is 48.5 Å². The summed E-state index contributed by atoms with van der Waals surface area (Å²) in [5, 5.41) is 10.3. The Balaban J connectivity index is 2.16. The average Bonchev–Trinajstić information content (AvgIpc) is 2.46. The van der Waals surface area contributed by atoms with E-state index in [2.05, 4.69) is 0 Å². The summed E-state index contributed by atoms with van der Waals surface area (Å²) in [7, 11) is 1.63. The van der Waals surface area contributed by atoms with E-state index in [1.54, 1.807) is 18.9 Å². The molecule has 0 aromatic heterocycles. The number of nitro groups is 1. The van der Waals surface area contributed by atoms with Gasteiger partial charge >= 0.3 is 0 Å². The molecule has 2 aromatic rings. The molecule has 20 heavy (non-hydrogen) atoms. The first-order valence-corrected chi connectivity index (χ1v) is 6.73. The van der Waals surface area contributed by atoms with E-state index in [0.717, 1.165) is 27.3 Å². The summed E-state index contributed by atoms with van der Waals surface area (Å²) >= 11 is 1.58. The number of benzene rings is 2. The molecular weight excluding hydrogens is 274 g/mol. The van der Waals surface area contributed by atoms with Crippen molar-refractivity contribution in [1.82, 2.24) is 0 Å². The molecular formula is C15H13NO3S. The fourth-order valence-electron chi connectivity index (χ4n) is 1.63. The van der Waals surface area contributed by atoms with Gasteiger partial charge in [0.1, 0.15) is 5.75 Å². The molecule has 0 saturated heterocycles. The van der Waals surface area contributed by atoms with Gasteiger partial charge in [0.25, 0.3) is 0 Å². The molecule has 0 radical (unpaired) electrons. The third-order valence-corrected chi connectivity index (χ3v) is 3.50. The molecule has 2 aromatic carbocycles. The minimum atomic E-state index is -0.470. The first-order chi connectivity index (χ1) is 9.67. The largest absolute Gasteiger partial charge is 0.497 e. The van der Waals surface area contributed by atoms with Crippen LogP contribution in [0, 0.1) is 10.1 Å². The molecule has 0 fully saturated rings. The van der Waals surface area contributed by atoms with Crippen molar-refractivity contribution in [3.05, 3.63) is 70.4 Å². The molecule has 4 nitrogen and oxygen atoms in total. The number of hydrogen-bond donors (Lipinski definition) is 0. The van der Waals surface area contributed by atoms with E-state index in [1.165, 1.54) is 6.08 Å². The number of hydrogen-bond acceptors (Lipinski definition) is 4. The minimum absolute atomic E-state index is 0.470. The molecule has 0 atom stereocenters. The van der Waals surface area contributed by atoms with E-state index >= 15 is 0 Å². The first-order valence-electron chi connectivity index (χ1n) is 5.91. The van der Waals surface area contributed by atoms with Crippen molar-refractivity contribution in [2.24, 2.45) is 0 Å². The van der Waals surface area contributed by atoms with Crippen LogP contribution in [0.5, 0.6) is 5.75 Å². The standard InChI is InChI=1S/C15H13NO3S/c1-19-13-5-3-7-15(11-13)20-14-6-2-4-12(10-14)8-9-16(17)18/h2-11H,1H3. The van der Waals surface area contributed by atoms with Crippen LogP contribution in [0.4, 0.5) is 0 Å². The van der Waals surface area contributed by atoms with Crippen LogP contribution in [0.3, 0.4) is 0 Å². The summed E-state index contributed by atoms with van der Waals surface area (Å²) in [6, 6.07) is 15.3. The van der Waals surface area contributed by atoms with Gasteiger partial charge in [-0.1, -0.05) is 30.0 Å². The Morgan fingerprint density at radius 1 is 1.15 bits per heavy atom. The SMILES string of the molecule is COc1cccc(Sc2cccc(C=C[N+](=O)[O-])c2)c1. The Morgan fingerprint density at radius 3 is 2.55 bits per heavy atom. The second-order valence-corrected chi connectivity index (χ2v) is 5.10.